The van der Waals surface area contributed by atoms with Crippen molar-refractivity contribution in [1.29, 1.82) is 0 Å². The highest BCUT2D eigenvalue weighted by molar-refractivity contribution is 7.12. The molecule has 0 unspecified atom stereocenters. The number of aromatic nitrogens is 5. The summed E-state index contributed by atoms with van der Waals surface area (Å²) in [6.07, 6.45) is 6.89. The molecule has 1 aliphatic rings. The van der Waals surface area contributed by atoms with Crippen LogP contribution in [0.2, 0.25) is 0 Å². The summed E-state index contributed by atoms with van der Waals surface area (Å²) in [4.78, 5) is 25.8. The normalized spacial score (nSPS) is 14.3. The van der Waals surface area contributed by atoms with Crippen molar-refractivity contribution >= 4 is 35.0 Å². The Kier molecular flexibility index (Phi) is 4.95. The van der Waals surface area contributed by atoms with Crippen LogP contribution in [0.15, 0.2) is 11.0 Å². The third-order valence-electron chi connectivity index (χ3n) is 4.54. The molecule has 0 aliphatic heterocycles. The molecular formula is C19H22N6O3S. The number of hydrogen-bond acceptors (Lipinski definition) is 7. The minimum Gasteiger partial charge on any atom is -0.492 e. The van der Waals surface area contributed by atoms with Gasteiger partial charge in [0.2, 0.25) is 5.88 Å². The zero-order valence-electron chi connectivity index (χ0n) is 16.4. The zero-order valence-corrected chi connectivity index (χ0v) is 17.2. The van der Waals surface area contributed by atoms with Crippen LogP contribution in [0.25, 0.3) is 17.8 Å². The number of amides is 1. The van der Waals surface area contributed by atoms with Crippen LogP contribution in [0.4, 0.5) is 0 Å². The van der Waals surface area contributed by atoms with Gasteiger partial charge in [-0.1, -0.05) is 25.2 Å². The molecule has 1 saturated carbocycles. The van der Waals surface area contributed by atoms with Crippen molar-refractivity contribution in [2.24, 2.45) is 5.92 Å². The standard InChI is InChI=1S/C19H22N6O3S/c1-10(2)9-24-17-12(4-7-14-23-22-11(3)29-14)8-20-25(17)19(28)15(18(24)27)16(26)21-13-5-6-13/h4,7-8,10,13,28H,5-6,9H2,1-3H3,(H,21,26). The van der Waals surface area contributed by atoms with E-state index >= 15 is 0 Å². The van der Waals surface area contributed by atoms with Gasteiger partial charge in [-0.2, -0.15) is 9.61 Å². The first-order chi connectivity index (χ1) is 13.8. The van der Waals surface area contributed by atoms with Gasteiger partial charge < -0.3 is 10.4 Å². The topological polar surface area (TPSA) is 114 Å². The summed E-state index contributed by atoms with van der Waals surface area (Å²) in [5.41, 5.74) is 0.272. The predicted molar refractivity (Wildman–Crippen MR) is 110 cm³/mol. The number of hydrogen-bond donors (Lipinski definition) is 2. The average Bonchev–Trinajstić information content (AvgIpc) is 3.20. The Morgan fingerprint density at radius 1 is 1.38 bits per heavy atom. The summed E-state index contributed by atoms with van der Waals surface area (Å²) in [5, 5.41) is 27.3. The molecule has 4 rings (SSSR count). The van der Waals surface area contributed by atoms with Crippen molar-refractivity contribution in [3.63, 3.8) is 0 Å². The quantitative estimate of drug-likeness (QED) is 0.638. The molecule has 3 aromatic rings. The zero-order chi connectivity index (χ0) is 20.7. The van der Waals surface area contributed by atoms with Gasteiger partial charge in [0, 0.05) is 18.2 Å². The lowest BCUT2D eigenvalue weighted by Crippen LogP contribution is -2.36. The van der Waals surface area contributed by atoms with E-state index in [4.69, 9.17) is 0 Å². The molecule has 1 amide bonds. The number of carbonyl (C=O) groups is 1. The highest BCUT2D eigenvalue weighted by Crippen LogP contribution is 2.24. The number of aryl methyl sites for hydroxylation is 1. The van der Waals surface area contributed by atoms with Crippen LogP contribution in [-0.2, 0) is 6.54 Å². The fourth-order valence-corrected chi connectivity index (χ4v) is 3.69. The maximum atomic E-state index is 13.2. The van der Waals surface area contributed by atoms with E-state index in [1.165, 1.54) is 20.4 Å². The number of carbonyl (C=O) groups excluding carboxylic acids is 1. The third kappa shape index (κ3) is 3.80. The molecule has 0 atom stereocenters. The lowest BCUT2D eigenvalue weighted by atomic mass is 10.2. The van der Waals surface area contributed by atoms with Gasteiger partial charge in [-0.15, -0.1) is 10.2 Å². The maximum Gasteiger partial charge on any atom is 0.270 e. The highest BCUT2D eigenvalue weighted by atomic mass is 32.1. The molecular weight excluding hydrogens is 392 g/mol. The van der Waals surface area contributed by atoms with Crippen molar-refractivity contribution in [1.82, 2.24) is 29.7 Å². The SMILES string of the molecule is Cc1nnc(C=Cc2cnn3c(O)c(C(=O)NC4CC4)c(=O)n(CC(C)C)c23)s1. The molecule has 1 aliphatic carbocycles. The van der Waals surface area contributed by atoms with Gasteiger partial charge in [-0.25, -0.2) is 0 Å². The lowest BCUT2D eigenvalue weighted by Gasteiger charge is -2.15. The molecule has 0 aromatic carbocycles. The van der Waals surface area contributed by atoms with Crippen LogP contribution in [0.5, 0.6) is 5.88 Å². The Balaban J connectivity index is 1.86. The number of rotatable bonds is 6. The summed E-state index contributed by atoms with van der Waals surface area (Å²) in [5.74, 6) is -0.862. The molecule has 0 spiro atoms. The van der Waals surface area contributed by atoms with Crippen molar-refractivity contribution in [3.05, 3.63) is 37.7 Å². The predicted octanol–water partition coefficient (Wildman–Crippen LogP) is 2.08. The first-order valence-electron chi connectivity index (χ1n) is 9.47. The maximum absolute atomic E-state index is 13.2. The molecule has 9 nitrogen and oxygen atoms in total. The molecule has 0 radical (unpaired) electrons. The van der Waals surface area contributed by atoms with E-state index in [1.54, 1.807) is 18.3 Å². The van der Waals surface area contributed by atoms with Gasteiger partial charge in [0.05, 0.1) is 6.20 Å². The van der Waals surface area contributed by atoms with Gasteiger partial charge in [0.15, 0.2) is 5.56 Å². The van der Waals surface area contributed by atoms with E-state index < -0.39 is 17.3 Å². The average molecular weight is 414 g/mol. The summed E-state index contributed by atoms with van der Waals surface area (Å²) < 4.78 is 2.75. The molecule has 0 bridgehead atoms. The highest BCUT2D eigenvalue weighted by Gasteiger charge is 2.29. The van der Waals surface area contributed by atoms with Crippen LogP contribution in [0.1, 0.15) is 52.6 Å². The van der Waals surface area contributed by atoms with E-state index in [-0.39, 0.29) is 17.5 Å². The van der Waals surface area contributed by atoms with Gasteiger partial charge in [-0.3, -0.25) is 14.2 Å². The van der Waals surface area contributed by atoms with Crippen molar-refractivity contribution in [2.45, 2.75) is 46.2 Å². The first kappa shape index (κ1) is 19.3. The lowest BCUT2D eigenvalue weighted by molar-refractivity contribution is 0.0944. The Morgan fingerprint density at radius 3 is 2.76 bits per heavy atom. The van der Waals surface area contributed by atoms with Crippen LogP contribution in [0.3, 0.4) is 0 Å². The van der Waals surface area contributed by atoms with Crippen molar-refractivity contribution in [3.8, 4) is 5.88 Å². The summed E-state index contributed by atoms with van der Waals surface area (Å²) in [6.45, 7) is 6.22. The van der Waals surface area contributed by atoms with Crippen molar-refractivity contribution < 1.29 is 9.90 Å². The molecule has 3 aromatic heterocycles. The first-order valence-corrected chi connectivity index (χ1v) is 10.3. The Bertz CT molecular complexity index is 1170. The summed E-state index contributed by atoms with van der Waals surface area (Å²) in [7, 11) is 0. The molecule has 0 saturated heterocycles. The van der Waals surface area contributed by atoms with Crippen molar-refractivity contribution in [2.75, 3.05) is 0 Å². The van der Waals surface area contributed by atoms with Gasteiger partial charge in [0.25, 0.3) is 11.5 Å². The molecule has 2 N–H and O–H groups in total. The van der Waals surface area contributed by atoms with Gasteiger partial charge in [0.1, 0.15) is 15.7 Å². The Morgan fingerprint density at radius 2 is 2.14 bits per heavy atom. The summed E-state index contributed by atoms with van der Waals surface area (Å²) in [6, 6.07) is 0.0713. The van der Waals surface area contributed by atoms with E-state index in [1.807, 2.05) is 20.8 Å². The second kappa shape index (κ2) is 7.43. The van der Waals surface area contributed by atoms with Crippen LogP contribution < -0.4 is 10.9 Å². The number of nitrogens with one attached hydrogen (secondary N) is 1. The largest absolute Gasteiger partial charge is 0.492 e. The monoisotopic (exact) mass is 414 g/mol. The summed E-state index contributed by atoms with van der Waals surface area (Å²) >= 11 is 1.45. The number of aromatic hydroxyl groups is 1. The molecule has 152 valence electrons. The minimum absolute atomic E-state index is 0.0713. The van der Waals surface area contributed by atoms with Gasteiger partial charge in [-0.05, 0) is 37.8 Å². The van der Waals surface area contributed by atoms with E-state index in [0.717, 1.165) is 22.9 Å². The fraction of sp³-hybridized carbons (Fsp3) is 0.421. The molecule has 1 fully saturated rings. The van der Waals surface area contributed by atoms with Crippen LogP contribution in [0, 0.1) is 12.8 Å². The molecule has 29 heavy (non-hydrogen) atoms. The smallest absolute Gasteiger partial charge is 0.270 e. The second-order valence-electron chi connectivity index (χ2n) is 7.58. The van der Waals surface area contributed by atoms with Crippen LogP contribution in [-0.4, -0.2) is 41.4 Å². The van der Waals surface area contributed by atoms with Crippen LogP contribution >= 0.6 is 11.3 Å². The third-order valence-corrected chi connectivity index (χ3v) is 5.35. The van der Waals surface area contributed by atoms with E-state index in [0.29, 0.717) is 17.8 Å². The number of nitrogens with zero attached hydrogens (tertiary/aromatic N) is 5. The minimum atomic E-state index is -0.564. The Labute approximate surface area is 170 Å². The fourth-order valence-electron chi connectivity index (χ4n) is 3.09. The van der Waals surface area contributed by atoms with Gasteiger partial charge >= 0.3 is 0 Å². The molecule has 3 heterocycles. The number of fused-ring (bicyclic) bond motifs is 1. The Hall–Kier alpha value is -3.01. The molecule has 10 heteroatoms. The second-order valence-corrected chi connectivity index (χ2v) is 8.80. The van der Waals surface area contributed by atoms with E-state index in [2.05, 4.69) is 20.6 Å². The van der Waals surface area contributed by atoms with E-state index in [9.17, 15) is 14.7 Å².